The first-order valence-electron chi connectivity index (χ1n) is 8.62. The van der Waals surface area contributed by atoms with Crippen LogP contribution < -0.4 is 10.9 Å². The number of phosphoric acid groups is 1. The Morgan fingerprint density at radius 3 is 2.23 bits per heavy atom. The number of halogens is 1. The summed E-state index contributed by atoms with van der Waals surface area (Å²) in [6, 6.07) is 13.4. The number of hydrogen-bond acceptors (Lipinski definition) is 4. The van der Waals surface area contributed by atoms with Crippen molar-refractivity contribution in [3.63, 3.8) is 0 Å². The maximum absolute atomic E-state index is 12.3. The first-order chi connectivity index (χ1) is 14.4. The van der Waals surface area contributed by atoms with Crippen molar-refractivity contribution in [1.82, 2.24) is 10.3 Å². The minimum atomic E-state index is -4.64. The molecule has 2 aromatic carbocycles. The van der Waals surface area contributed by atoms with Gasteiger partial charge in [-0.15, -0.1) is 0 Å². The Morgan fingerprint density at radius 1 is 1.06 bits per heavy atom. The van der Waals surface area contributed by atoms with E-state index in [1.54, 1.807) is 36.4 Å². The van der Waals surface area contributed by atoms with Gasteiger partial charge in [0.2, 0.25) is 5.56 Å². The number of carbonyl (C=O) groups is 2. The van der Waals surface area contributed by atoms with Crippen LogP contribution in [-0.2, 0) is 15.8 Å². The van der Waals surface area contributed by atoms with Crippen LogP contribution >= 0.6 is 19.4 Å². The smallest absolute Gasteiger partial charge is 0.466 e. The molecule has 0 aliphatic rings. The van der Waals surface area contributed by atoms with E-state index in [9.17, 15) is 19.5 Å². The summed E-state index contributed by atoms with van der Waals surface area (Å²) in [5.74, 6) is -1.71. The quantitative estimate of drug-likeness (QED) is 0.306. The summed E-state index contributed by atoms with van der Waals surface area (Å²) in [6.07, 6.45) is -0.0148. The van der Waals surface area contributed by atoms with E-state index in [0.29, 0.717) is 21.7 Å². The second kappa shape index (κ2) is 10.3. The molecule has 3 aromatic rings. The number of pyridine rings is 1. The third-order valence-corrected chi connectivity index (χ3v) is 4.22. The predicted octanol–water partition coefficient (Wildman–Crippen LogP) is 1.68. The highest BCUT2D eigenvalue weighted by atomic mass is 35.5. The highest BCUT2D eigenvalue weighted by molar-refractivity contribution is 7.45. The molecule has 0 saturated carbocycles. The second-order valence-corrected chi connectivity index (χ2v) is 7.76. The summed E-state index contributed by atoms with van der Waals surface area (Å²) in [5.41, 5.74) is 1.14. The van der Waals surface area contributed by atoms with Crippen molar-refractivity contribution < 1.29 is 33.9 Å². The number of hydrogen-bond donors (Lipinski definition) is 6. The van der Waals surface area contributed by atoms with Crippen molar-refractivity contribution in [2.45, 2.75) is 12.5 Å². The molecule has 1 atom stereocenters. The fraction of sp³-hybridized carbons (Fsp3) is 0.105. The molecule has 0 bridgehead atoms. The normalized spacial score (nSPS) is 11.9. The average molecular weight is 469 g/mol. The molecular weight excluding hydrogens is 451 g/mol. The number of fused-ring (bicyclic) bond motifs is 1. The molecule has 31 heavy (non-hydrogen) atoms. The summed E-state index contributed by atoms with van der Waals surface area (Å²) in [6.45, 7) is 0. The fourth-order valence-electron chi connectivity index (χ4n) is 2.71. The molecule has 0 saturated heterocycles. The summed E-state index contributed by atoms with van der Waals surface area (Å²) < 4.78 is 8.88. The van der Waals surface area contributed by atoms with E-state index in [0.717, 1.165) is 5.39 Å². The number of carboxylic acid groups (broad SMARTS) is 1. The Kier molecular flexibility index (Phi) is 8.09. The molecule has 0 spiro atoms. The number of aromatic amines is 1. The molecule has 164 valence electrons. The van der Waals surface area contributed by atoms with Crippen LogP contribution in [0.2, 0.25) is 5.02 Å². The minimum Gasteiger partial charge on any atom is -0.480 e. The van der Waals surface area contributed by atoms with Gasteiger partial charge in [-0.25, -0.2) is 9.36 Å². The van der Waals surface area contributed by atoms with Gasteiger partial charge in [0.25, 0.3) is 5.91 Å². The monoisotopic (exact) mass is 468 g/mol. The number of amides is 1. The van der Waals surface area contributed by atoms with Crippen molar-refractivity contribution in [2.24, 2.45) is 0 Å². The lowest BCUT2D eigenvalue weighted by atomic mass is 10.0. The molecule has 6 N–H and O–H groups in total. The maximum Gasteiger partial charge on any atom is 0.466 e. The second-order valence-electron chi connectivity index (χ2n) is 6.29. The van der Waals surface area contributed by atoms with Gasteiger partial charge < -0.3 is 30.1 Å². The van der Waals surface area contributed by atoms with Crippen LogP contribution in [0.3, 0.4) is 0 Å². The van der Waals surface area contributed by atoms with Gasteiger partial charge in [0, 0.05) is 34.0 Å². The van der Waals surface area contributed by atoms with Crippen LogP contribution in [0.25, 0.3) is 10.9 Å². The van der Waals surface area contributed by atoms with Gasteiger partial charge in [-0.05, 0) is 35.9 Å². The fourth-order valence-corrected chi connectivity index (χ4v) is 2.83. The van der Waals surface area contributed by atoms with Crippen molar-refractivity contribution in [2.75, 3.05) is 0 Å². The van der Waals surface area contributed by atoms with E-state index < -0.39 is 25.7 Å². The zero-order valence-electron chi connectivity index (χ0n) is 15.7. The Morgan fingerprint density at radius 2 is 1.65 bits per heavy atom. The number of para-hydroxylation sites is 1. The third kappa shape index (κ3) is 7.97. The number of nitrogens with one attached hydrogen (secondary N) is 2. The van der Waals surface area contributed by atoms with Gasteiger partial charge in [0.05, 0.1) is 0 Å². The first kappa shape index (κ1) is 24.3. The third-order valence-electron chi connectivity index (χ3n) is 3.97. The largest absolute Gasteiger partial charge is 0.480 e. The van der Waals surface area contributed by atoms with Crippen LogP contribution in [0, 0.1) is 0 Å². The van der Waals surface area contributed by atoms with E-state index in [2.05, 4.69) is 10.3 Å². The van der Waals surface area contributed by atoms with Crippen molar-refractivity contribution in [1.29, 1.82) is 0 Å². The Hall–Kier alpha value is -3.01. The molecular formula is C19H18ClN2O8P. The van der Waals surface area contributed by atoms with Crippen molar-refractivity contribution in [3.8, 4) is 0 Å². The van der Waals surface area contributed by atoms with E-state index in [-0.39, 0.29) is 12.0 Å². The van der Waals surface area contributed by atoms with Crippen LogP contribution in [0.1, 0.15) is 15.9 Å². The summed E-state index contributed by atoms with van der Waals surface area (Å²) in [7, 11) is -4.64. The molecule has 0 aliphatic carbocycles. The zero-order chi connectivity index (χ0) is 23.2. The van der Waals surface area contributed by atoms with Crippen molar-refractivity contribution in [3.05, 3.63) is 81.1 Å². The maximum atomic E-state index is 12.3. The topological polar surface area (TPSA) is 177 Å². The van der Waals surface area contributed by atoms with Gasteiger partial charge in [-0.1, -0.05) is 29.8 Å². The number of aromatic nitrogens is 1. The number of aliphatic carboxylic acids is 1. The lowest BCUT2D eigenvalue weighted by molar-refractivity contribution is -0.139. The van der Waals surface area contributed by atoms with E-state index in [4.69, 9.17) is 30.8 Å². The summed E-state index contributed by atoms with van der Waals surface area (Å²) in [5, 5.41) is 13.2. The van der Waals surface area contributed by atoms with Crippen LogP contribution in [0.4, 0.5) is 0 Å². The number of benzene rings is 2. The molecule has 0 aliphatic heterocycles. The highest BCUT2D eigenvalue weighted by Crippen LogP contribution is 2.25. The Labute approximate surface area is 180 Å². The molecule has 1 aromatic heterocycles. The highest BCUT2D eigenvalue weighted by Gasteiger charge is 2.22. The molecule has 1 heterocycles. The average Bonchev–Trinajstić information content (AvgIpc) is 2.66. The number of H-pyrrole nitrogens is 1. The molecule has 0 fully saturated rings. The van der Waals surface area contributed by atoms with E-state index in [1.807, 2.05) is 0 Å². The van der Waals surface area contributed by atoms with Gasteiger partial charge >= 0.3 is 13.8 Å². The van der Waals surface area contributed by atoms with Crippen molar-refractivity contribution >= 4 is 42.2 Å². The molecule has 3 rings (SSSR count). The zero-order valence-corrected chi connectivity index (χ0v) is 17.4. The number of carboxylic acids is 1. The van der Waals surface area contributed by atoms with E-state index in [1.165, 1.54) is 18.2 Å². The van der Waals surface area contributed by atoms with Crippen LogP contribution in [0.5, 0.6) is 0 Å². The number of rotatable bonds is 5. The lowest BCUT2D eigenvalue weighted by Crippen LogP contribution is -2.42. The minimum absolute atomic E-state index is 0.0148. The Balaban J connectivity index is 0.000000614. The predicted molar refractivity (Wildman–Crippen MR) is 113 cm³/mol. The molecule has 1 amide bonds. The summed E-state index contributed by atoms with van der Waals surface area (Å²) in [4.78, 5) is 60.0. The molecule has 12 heteroatoms. The number of carbonyl (C=O) groups excluding carboxylic acids is 1. The molecule has 1 unspecified atom stereocenters. The molecule has 10 nitrogen and oxygen atoms in total. The lowest BCUT2D eigenvalue weighted by Gasteiger charge is -2.16. The van der Waals surface area contributed by atoms with E-state index >= 15 is 0 Å². The van der Waals surface area contributed by atoms with Gasteiger partial charge in [0.15, 0.2) is 0 Å². The molecule has 0 radical (unpaired) electrons. The first-order valence-corrected chi connectivity index (χ1v) is 10.6. The van der Waals surface area contributed by atoms with Crippen LogP contribution in [-0.4, -0.2) is 42.7 Å². The summed E-state index contributed by atoms with van der Waals surface area (Å²) >= 11 is 5.79. The SMILES string of the molecule is O=C(NC(Cc1cc(=O)[nH]c2ccccc12)C(=O)O)c1ccc(Cl)cc1.O=P(O)(O)O. The van der Waals surface area contributed by atoms with Gasteiger partial charge in [0.1, 0.15) is 6.04 Å². The standard InChI is InChI=1S/C19H15ClN2O4.H3O4P/c20-13-7-5-11(6-8-13)18(24)22-16(19(25)26)9-12-10-17(23)21-15-4-2-1-3-14(12)15;1-5(2,3)4/h1-8,10,16H,9H2,(H,21,23)(H,22,24)(H,25,26);(H3,1,2,3,4). The van der Waals surface area contributed by atoms with Gasteiger partial charge in [-0.2, -0.15) is 0 Å². The Bertz CT molecular complexity index is 1180. The van der Waals surface area contributed by atoms with Crippen LogP contribution in [0.15, 0.2) is 59.4 Å². The van der Waals surface area contributed by atoms with Gasteiger partial charge in [-0.3, -0.25) is 9.59 Å².